The summed E-state index contributed by atoms with van der Waals surface area (Å²) in [4.78, 5) is 18.2. The number of halogens is 1. The summed E-state index contributed by atoms with van der Waals surface area (Å²) < 4.78 is 13.0. The first-order valence-corrected chi connectivity index (χ1v) is 13.6. The van der Waals surface area contributed by atoms with Gasteiger partial charge in [-0.25, -0.2) is 4.99 Å². The molecule has 7 heteroatoms. The Balaban J connectivity index is 1.52. The van der Waals surface area contributed by atoms with Crippen molar-refractivity contribution in [1.29, 1.82) is 0 Å². The molecule has 0 saturated heterocycles. The van der Waals surface area contributed by atoms with Gasteiger partial charge in [-0.3, -0.25) is 4.79 Å². The van der Waals surface area contributed by atoms with Gasteiger partial charge >= 0.3 is 0 Å². The number of nitrogens with zero attached hydrogens (tertiary/aromatic N) is 1. The minimum atomic E-state index is -1.36. The fourth-order valence-electron chi connectivity index (χ4n) is 4.72. The van der Waals surface area contributed by atoms with Gasteiger partial charge in [-0.05, 0) is 52.6 Å². The van der Waals surface area contributed by atoms with E-state index in [9.17, 15) is 4.79 Å². The summed E-state index contributed by atoms with van der Waals surface area (Å²) in [6, 6.07) is 33.2. The molecule has 39 heavy (non-hydrogen) atoms. The van der Waals surface area contributed by atoms with E-state index in [0.29, 0.717) is 30.2 Å². The van der Waals surface area contributed by atoms with E-state index >= 15 is 0 Å². The summed E-state index contributed by atoms with van der Waals surface area (Å²) in [5, 5.41) is 8.99. The highest BCUT2D eigenvalue weighted by molar-refractivity contribution is 9.10. The quantitative estimate of drug-likeness (QED) is 0.228. The van der Waals surface area contributed by atoms with Crippen molar-refractivity contribution in [2.24, 2.45) is 10.7 Å². The molecule has 0 bridgehead atoms. The van der Waals surface area contributed by atoms with Crippen LogP contribution in [0.25, 0.3) is 11.1 Å². The first-order chi connectivity index (χ1) is 19.0. The van der Waals surface area contributed by atoms with Crippen molar-refractivity contribution in [2.75, 3.05) is 13.2 Å². The minimum Gasteiger partial charge on any atom is -0.494 e. The zero-order valence-electron chi connectivity index (χ0n) is 21.3. The van der Waals surface area contributed by atoms with Crippen LogP contribution < -0.4 is 10.5 Å². The van der Waals surface area contributed by atoms with E-state index in [1.165, 1.54) is 0 Å². The third-order valence-electron chi connectivity index (χ3n) is 6.80. The number of rotatable bonds is 10. The number of carbonyl (C=O) groups excluding carboxylic acids is 1. The number of hydrogen-bond acceptors (Lipinski definition) is 5. The summed E-state index contributed by atoms with van der Waals surface area (Å²) in [5.41, 5.74) is 9.36. The Labute approximate surface area is 236 Å². The predicted molar refractivity (Wildman–Crippen MR) is 156 cm³/mol. The molecule has 5 rings (SSSR count). The van der Waals surface area contributed by atoms with Crippen LogP contribution in [0.2, 0.25) is 0 Å². The van der Waals surface area contributed by atoms with Crippen LogP contribution in [-0.4, -0.2) is 35.7 Å². The van der Waals surface area contributed by atoms with E-state index in [1.54, 1.807) is 0 Å². The number of primary amides is 1. The summed E-state index contributed by atoms with van der Waals surface area (Å²) in [6.45, 7) is 0.494. The molecule has 0 aromatic heterocycles. The lowest BCUT2D eigenvalue weighted by atomic mass is 9.82. The van der Waals surface area contributed by atoms with Gasteiger partial charge in [0.25, 0.3) is 0 Å². The molecular weight excluding hydrogens is 556 g/mol. The van der Waals surface area contributed by atoms with Gasteiger partial charge < -0.3 is 20.3 Å². The number of ether oxygens (including phenoxy) is 2. The molecule has 0 spiro atoms. The lowest BCUT2D eigenvalue weighted by Gasteiger charge is -2.29. The second-order valence-corrected chi connectivity index (χ2v) is 10.3. The molecule has 0 unspecified atom stereocenters. The molecule has 1 amide bonds. The van der Waals surface area contributed by atoms with Gasteiger partial charge in [0.05, 0.1) is 6.61 Å². The molecule has 4 aromatic rings. The molecule has 0 saturated carbocycles. The first kappa shape index (κ1) is 26.7. The summed E-state index contributed by atoms with van der Waals surface area (Å²) in [5.74, 6) is 0.461. The largest absolute Gasteiger partial charge is 0.494 e. The van der Waals surface area contributed by atoms with Gasteiger partial charge in [0.15, 0.2) is 11.6 Å². The highest BCUT2D eigenvalue weighted by atomic mass is 79.9. The molecule has 6 nitrogen and oxygen atoms in total. The number of hydrogen-bond donors (Lipinski definition) is 2. The van der Waals surface area contributed by atoms with Crippen molar-refractivity contribution < 1.29 is 19.4 Å². The number of aliphatic imine (C=N–C) groups is 1. The van der Waals surface area contributed by atoms with Crippen molar-refractivity contribution in [3.05, 3.63) is 124 Å². The Kier molecular flexibility index (Phi) is 8.10. The molecular formula is C32H29BrN2O4. The molecule has 4 aromatic carbocycles. The Hall–Kier alpha value is -3.94. The molecule has 0 fully saturated rings. The molecule has 3 N–H and O–H groups in total. The summed E-state index contributed by atoms with van der Waals surface area (Å²) in [7, 11) is 0. The molecule has 0 radical (unpaired) electrons. The van der Waals surface area contributed by atoms with E-state index in [0.717, 1.165) is 26.7 Å². The molecule has 198 valence electrons. The maximum absolute atomic E-state index is 13.3. The van der Waals surface area contributed by atoms with Gasteiger partial charge in [-0.15, -0.1) is 0 Å². The Morgan fingerprint density at radius 1 is 0.897 bits per heavy atom. The van der Waals surface area contributed by atoms with Gasteiger partial charge in [-0.2, -0.15) is 0 Å². The van der Waals surface area contributed by atoms with Gasteiger partial charge in [0.2, 0.25) is 11.8 Å². The van der Waals surface area contributed by atoms with Crippen LogP contribution in [0.3, 0.4) is 0 Å². The number of aliphatic hydroxyl groups is 1. The smallest absolute Gasteiger partial charge is 0.250 e. The Bertz CT molecular complexity index is 1460. The van der Waals surface area contributed by atoms with Crippen LogP contribution in [0.15, 0.2) is 113 Å². The third kappa shape index (κ3) is 5.75. The van der Waals surface area contributed by atoms with Crippen molar-refractivity contribution >= 4 is 27.7 Å². The second-order valence-electron chi connectivity index (χ2n) is 9.41. The van der Waals surface area contributed by atoms with Crippen LogP contribution in [0.5, 0.6) is 5.75 Å². The van der Waals surface area contributed by atoms with Gasteiger partial charge in [0.1, 0.15) is 5.75 Å². The van der Waals surface area contributed by atoms with Crippen LogP contribution >= 0.6 is 15.9 Å². The van der Waals surface area contributed by atoms with Crippen molar-refractivity contribution in [2.45, 2.75) is 24.5 Å². The van der Waals surface area contributed by atoms with E-state index in [2.05, 4.69) is 28.1 Å². The Morgan fingerprint density at radius 3 is 2.21 bits per heavy atom. The molecule has 1 aliphatic heterocycles. The van der Waals surface area contributed by atoms with Crippen LogP contribution in [0.1, 0.15) is 29.2 Å². The van der Waals surface area contributed by atoms with Crippen LogP contribution in [-0.2, 0) is 16.0 Å². The molecule has 1 aliphatic rings. The summed E-state index contributed by atoms with van der Waals surface area (Å²) in [6.07, 6.45) is 0.0987. The van der Waals surface area contributed by atoms with E-state index in [1.807, 2.05) is 91.0 Å². The maximum atomic E-state index is 13.3. The number of aliphatic hydroxyl groups excluding tert-OH is 1. The average Bonchev–Trinajstić information content (AvgIpc) is 3.36. The average molecular weight is 585 g/mol. The number of carbonyl (C=O) groups is 1. The lowest BCUT2D eigenvalue weighted by molar-refractivity contribution is -0.125. The SMILES string of the molecule is NC(=O)[C@]1(Cc2ccccc2Br)N=C(c2ccc(OCCCO)cc2)O[C@@H]1c1ccc(-c2ccccc2)cc1. The Morgan fingerprint density at radius 2 is 1.54 bits per heavy atom. The lowest BCUT2D eigenvalue weighted by Crippen LogP contribution is -2.47. The van der Waals surface area contributed by atoms with Crippen LogP contribution in [0, 0.1) is 0 Å². The van der Waals surface area contributed by atoms with E-state index < -0.39 is 17.6 Å². The number of benzene rings is 4. The number of amides is 1. The predicted octanol–water partition coefficient (Wildman–Crippen LogP) is 5.86. The first-order valence-electron chi connectivity index (χ1n) is 12.8. The monoisotopic (exact) mass is 584 g/mol. The molecule has 0 aliphatic carbocycles. The standard InChI is InChI=1S/C32H29BrN2O4/c33-28-10-5-4-9-26(28)21-32(31(34)37)29(24-13-11-23(12-14-24)22-7-2-1-3-8-22)39-30(35-32)25-15-17-27(18-16-25)38-20-6-19-36/h1-5,7-18,29,36H,6,19-21H2,(H2,34,37)/t29-,32-/m1/s1. The highest BCUT2D eigenvalue weighted by Crippen LogP contribution is 2.43. The fourth-order valence-corrected chi connectivity index (χ4v) is 5.14. The second kappa shape index (κ2) is 11.8. The van der Waals surface area contributed by atoms with E-state index in [-0.39, 0.29) is 13.0 Å². The van der Waals surface area contributed by atoms with Crippen molar-refractivity contribution in [3.63, 3.8) is 0 Å². The van der Waals surface area contributed by atoms with Gasteiger partial charge in [-0.1, -0.05) is 88.7 Å². The fraction of sp³-hybridized carbons (Fsp3) is 0.188. The molecule has 2 atom stereocenters. The zero-order chi connectivity index (χ0) is 27.2. The van der Waals surface area contributed by atoms with Crippen molar-refractivity contribution in [1.82, 2.24) is 0 Å². The maximum Gasteiger partial charge on any atom is 0.250 e. The summed E-state index contributed by atoms with van der Waals surface area (Å²) >= 11 is 3.61. The van der Waals surface area contributed by atoms with Crippen LogP contribution in [0.4, 0.5) is 0 Å². The third-order valence-corrected chi connectivity index (χ3v) is 7.58. The van der Waals surface area contributed by atoms with E-state index in [4.69, 9.17) is 25.3 Å². The topological polar surface area (TPSA) is 94.1 Å². The normalized spacial score (nSPS) is 18.3. The molecule has 1 heterocycles. The van der Waals surface area contributed by atoms with Crippen molar-refractivity contribution in [3.8, 4) is 16.9 Å². The highest BCUT2D eigenvalue weighted by Gasteiger charge is 2.52. The number of nitrogens with two attached hydrogens (primary N) is 1. The zero-order valence-corrected chi connectivity index (χ0v) is 22.9. The minimum absolute atomic E-state index is 0.0726. The van der Waals surface area contributed by atoms with Gasteiger partial charge in [0, 0.05) is 29.5 Å².